The highest BCUT2D eigenvalue weighted by atomic mass is 19.1. The van der Waals surface area contributed by atoms with Crippen LogP contribution >= 0.6 is 0 Å². The van der Waals surface area contributed by atoms with Crippen molar-refractivity contribution in [1.29, 1.82) is 0 Å². The predicted octanol–water partition coefficient (Wildman–Crippen LogP) is 2.77. The van der Waals surface area contributed by atoms with Gasteiger partial charge in [-0.05, 0) is 25.1 Å². The summed E-state index contributed by atoms with van der Waals surface area (Å²) in [4.78, 5) is 12.4. The van der Waals surface area contributed by atoms with Crippen molar-refractivity contribution >= 4 is 12.0 Å². The summed E-state index contributed by atoms with van der Waals surface area (Å²) in [5.41, 5.74) is 0.285. The maximum Gasteiger partial charge on any atom is 0.317 e. The highest BCUT2D eigenvalue weighted by Gasteiger charge is 2.06. The molecule has 0 amide bonds. The van der Waals surface area contributed by atoms with Crippen LogP contribution in [0.25, 0.3) is 6.08 Å². The van der Waals surface area contributed by atoms with Crippen molar-refractivity contribution in [2.24, 2.45) is 0 Å². The van der Waals surface area contributed by atoms with Crippen LogP contribution in [0.3, 0.4) is 0 Å². The summed E-state index contributed by atoms with van der Waals surface area (Å²) < 4.78 is 26.0. The van der Waals surface area contributed by atoms with Gasteiger partial charge in [0.25, 0.3) is 0 Å². The molecule has 0 fully saturated rings. The first-order valence-corrected chi connectivity index (χ1v) is 6.08. The van der Waals surface area contributed by atoms with Gasteiger partial charge in [0.05, 0.1) is 6.54 Å². The van der Waals surface area contributed by atoms with Gasteiger partial charge in [0, 0.05) is 18.2 Å². The lowest BCUT2D eigenvalue weighted by Gasteiger charge is -2.16. The van der Waals surface area contributed by atoms with Crippen molar-refractivity contribution in [3.05, 3.63) is 41.5 Å². The zero-order valence-electron chi connectivity index (χ0n) is 10.8. The number of carboxylic acid groups (broad SMARTS) is 1. The molecule has 0 aromatic heterocycles. The smallest absolute Gasteiger partial charge is 0.317 e. The van der Waals surface area contributed by atoms with Gasteiger partial charge in [-0.25, -0.2) is 8.78 Å². The Bertz CT molecular complexity index is 461. The highest BCUT2D eigenvalue weighted by molar-refractivity contribution is 5.69. The van der Waals surface area contributed by atoms with Crippen LogP contribution in [-0.2, 0) is 4.79 Å². The van der Waals surface area contributed by atoms with Crippen LogP contribution in [0.4, 0.5) is 8.78 Å². The van der Waals surface area contributed by atoms with E-state index in [2.05, 4.69) is 0 Å². The lowest BCUT2D eigenvalue weighted by Crippen LogP contribution is -2.30. The molecule has 0 atom stereocenters. The van der Waals surface area contributed by atoms with Crippen LogP contribution in [0.15, 0.2) is 24.3 Å². The Morgan fingerprint density at radius 2 is 2.16 bits per heavy atom. The molecule has 0 spiro atoms. The molecule has 1 aromatic rings. The van der Waals surface area contributed by atoms with Gasteiger partial charge >= 0.3 is 5.97 Å². The van der Waals surface area contributed by atoms with E-state index < -0.39 is 17.6 Å². The molecule has 1 rings (SSSR count). The normalized spacial score (nSPS) is 11.4. The monoisotopic (exact) mass is 269 g/mol. The zero-order chi connectivity index (χ0) is 14.3. The molecule has 0 aliphatic heterocycles. The number of benzene rings is 1. The Morgan fingerprint density at radius 3 is 2.74 bits per heavy atom. The summed E-state index contributed by atoms with van der Waals surface area (Å²) in [6.45, 7) is 2.97. The number of carbonyl (C=O) groups is 1. The van der Waals surface area contributed by atoms with E-state index in [9.17, 15) is 13.6 Å². The topological polar surface area (TPSA) is 40.5 Å². The average molecular weight is 269 g/mol. The Balaban J connectivity index is 2.61. The van der Waals surface area contributed by atoms with Crippen LogP contribution in [0, 0.1) is 11.6 Å². The van der Waals surface area contributed by atoms with Crippen LogP contribution in [0.1, 0.15) is 18.9 Å². The zero-order valence-corrected chi connectivity index (χ0v) is 10.8. The number of hydrogen-bond acceptors (Lipinski definition) is 2. The van der Waals surface area contributed by atoms with E-state index in [1.807, 2.05) is 6.92 Å². The maximum atomic E-state index is 13.3. The van der Waals surface area contributed by atoms with E-state index >= 15 is 0 Å². The van der Waals surface area contributed by atoms with Crippen molar-refractivity contribution in [1.82, 2.24) is 4.90 Å². The van der Waals surface area contributed by atoms with E-state index in [0.717, 1.165) is 12.5 Å². The average Bonchev–Trinajstić information content (AvgIpc) is 2.31. The van der Waals surface area contributed by atoms with Gasteiger partial charge in [0.2, 0.25) is 0 Å². The van der Waals surface area contributed by atoms with E-state index in [1.165, 1.54) is 18.2 Å². The van der Waals surface area contributed by atoms with Crippen LogP contribution in [0.2, 0.25) is 0 Å². The number of halogens is 2. The summed E-state index contributed by atoms with van der Waals surface area (Å²) in [5, 5.41) is 8.73. The molecule has 1 aromatic carbocycles. The molecule has 0 saturated carbocycles. The molecule has 0 unspecified atom stereocenters. The largest absolute Gasteiger partial charge is 0.480 e. The second-order valence-corrected chi connectivity index (χ2v) is 4.20. The first kappa shape index (κ1) is 15.3. The fourth-order valence-electron chi connectivity index (χ4n) is 1.71. The minimum Gasteiger partial charge on any atom is -0.480 e. The van der Waals surface area contributed by atoms with Gasteiger partial charge in [-0.1, -0.05) is 19.1 Å². The van der Waals surface area contributed by atoms with Gasteiger partial charge in [-0.15, -0.1) is 0 Å². The van der Waals surface area contributed by atoms with Gasteiger partial charge in [0.15, 0.2) is 0 Å². The van der Waals surface area contributed by atoms with Gasteiger partial charge in [-0.3, -0.25) is 9.69 Å². The van der Waals surface area contributed by atoms with Crippen molar-refractivity contribution in [3.63, 3.8) is 0 Å². The van der Waals surface area contributed by atoms with E-state index in [1.54, 1.807) is 11.0 Å². The van der Waals surface area contributed by atoms with Gasteiger partial charge < -0.3 is 5.11 Å². The minimum absolute atomic E-state index is 0.0515. The molecule has 0 saturated heterocycles. The van der Waals surface area contributed by atoms with Crippen molar-refractivity contribution in [3.8, 4) is 0 Å². The SMILES string of the molecule is CCCN(C/C=C/c1ccc(F)cc1F)CC(=O)O. The van der Waals surface area contributed by atoms with E-state index in [0.29, 0.717) is 13.1 Å². The molecular formula is C14H17F2NO2. The number of nitrogens with zero attached hydrogens (tertiary/aromatic N) is 1. The summed E-state index contributed by atoms with van der Waals surface area (Å²) in [6.07, 6.45) is 4.04. The Kier molecular flexibility index (Phi) is 6.15. The number of aliphatic carboxylic acids is 1. The second kappa shape index (κ2) is 7.63. The summed E-state index contributed by atoms with van der Waals surface area (Å²) >= 11 is 0. The fraction of sp³-hybridized carbons (Fsp3) is 0.357. The molecule has 5 heteroatoms. The first-order valence-electron chi connectivity index (χ1n) is 6.08. The number of carboxylic acids is 1. The van der Waals surface area contributed by atoms with Crippen LogP contribution < -0.4 is 0 Å². The molecular weight excluding hydrogens is 252 g/mol. The molecule has 0 aliphatic carbocycles. The van der Waals surface area contributed by atoms with Crippen molar-refractivity contribution < 1.29 is 18.7 Å². The molecule has 0 aliphatic rings. The van der Waals surface area contributed by atoms with Crippen molar-refractivity contribution in [2.75, 3.05) is 19.6 Å². The lowest BCUT2D eigenvalue weighted by molar-refractivity contribution is -0.138. The number of hydrogen-bond donors (Lipinski definition) is 1. The van der Waals surface area contributed by atoms with Gasteiger partial charge in [0.1, 0.15) is 11.6 Å². The Morgan fingerprint density at radius 1 is 1.42 bits per heavy atom. The van der Waals surface area contributed by atoms with Crippen LogP contribution in [0.5, 0.6) is 0 Å². The Labute approximate surface area is 111 Å². The quantitative estimate of drug-likeness (QED) is 0.827. The third-order valence-electron chi connectivity index (χ3n) is 2.52. The summed E-state index contributed by atoms with van der Waals surface area (Å²) in [6, 6.07) is 3.35. The maximum absolute atomic E-state index is 13.3. The third kappa shape index (κ3) is 5.61. The lowest BCUT2D eigenvalue weighted by atomic mass is 10.2. The molecule has 0 bridgehead atoms. The Hall–Kier alpha value is -1.75. The standard InChI is InChI=1S/C14H17F2NO2/c1-2-7-17(10-14(18)19)8-3-4-11-5-6-12(15)9-13(11)16/h3-6,9H,2,7-8,10H2,1H3,(H,18,19)/b4-3+. The predicted molar refractivity (Wildman–Crippen MR) is 69.8 cm³/mol. The first-order chi connectivity index (χ1) is 9.02. The number of rotatable bonds is 7. The summed E-state index contributed by atoms with van der Waals surface area (Å²) in [5.74, 6) is -2.14. The minimum atomic E-state index is -0.894. The van der Waals surface area contributed by atoms with E-state index in [-0.39, 0.29) is 12.1 Å². The van der Waals surface area contributed by atoms with Gasteiger partial charge in [-0.2, -0.15) is 0 Å². The summed E-state index contributed by atoms with van der Waals surface area (Å²) in [7, 11) is 0. The third-order valence-corrected chi connectivity index (χ3v) is 2.52. The molecule has 19 heavy (non-hydrogen) atoms. The highest BCUT2D eigenvalue weighted by Crippen LogP contribution is 2.11. The van der Waals surface area contributed by atoms with Crippen molar-refractivity contribution in [2.45, 2.75) is 13.3 Å². The van der Waals surface area contributed by atoms with E-state index in [4.69, 9.17) is 5.11 Å². The molecule has 3 nitrogen and oxygen atoms in total. The molecule has 1 N–H and O–H groups in total. The van der Waals surface area contributed by atoms with Crippen LogP contribution in [-0.4, -0.2) is 35.6 Å². The second-order valence-electron chi connectivity index (χ2n) is 4.20. The molecule has 0 radical (unpaired) electrons. The molecule has 104 valence electrons. The fourth-order valence-corrected chi connectivity index (χ4v) is 1.71. The molecule has 0 heterocycles.